The normalized spacial score (nSPS) is 12.7. The average Bonchev–Trinajstić information content (AvgIpc) is 3.20. The maximum atomic E-state index is 13.0. The van der Waals surface area contributed by atoms with Crippen molar-refractivity contribution in [3.8, 4) is 5.75 Å². The molecule has 0 unspecified atom stereocenters. The van der Waals surface area contributed by atoms with Crippen molar-refractivity contribution in [3.05, 3.63) is 91.9 Å². The third-order valence-corrected chi connectivity index (χ3v) is 6.28. The van der Waals surface area contributed by atoms with E-state index in [0.717, 1.165) is 41.2 Å². The first-order valence-electron chi connectivity index (χ1n) is 10.5. The van der Waals surface area contributed by atoms with Crippen LogP contribution in [0.2, 0.25) is 5.02 Å². The molecule has 0 fully saturated rings. The van der Waals surface area contributed by atoms with Crippen molar-refractivity contribution in [1.82, 2.24) is 4.57 Å². The van der Waals surface area contributed by atoms with E-state index in [0.29, 0.717) is 19.5 Å². The number of fused-ring (bicyclic) bond motifs is 1. The monoisotopic (exact) mass is 452 g/mol. The number of rotatable bonds is 7. The molecule has 3 aromatic rings. The number of benzene rings is 2. The maximum Gasteiger partial charge on any atom is 0.335 e. The van der Waals surface area contributed by atoms with Crippen LogP contribution in [0.5, 0.6) is 5.75 Å². The van der Waals surface area contributed by atoms with E-state index in [-0.39, 0.29) is 16.1 Å². The molecule has 6 nitrogen and oxygen atoms in total. The number of hydrogen-bond acceptors (Lipinski definition) is 4. The molecule has 0 radical (unpaired) electrons. The number of carbonyl (C=O) groups is 1. The van der Waals surface area contributed by atoms with Crippen molar-refractivity contribution in [1.29, 1.82) is 0 Å². The van der Waals surface area contributed by atoms with Crippen LogP contribution < -0.4 is 15.2 Å². The second kappa shape index (κ2) is 9.09. The highest BCUT2D eigenvalue weighted by molar-refractivity contribution is 6.30. The van der Waals surface area contributed by atoms with E-state index < -0.39 is 5.97 Å². The van der Waals surface area contributed by atoms with Gasteiger partial charge in [0, 0.05) is 18.8 Å². The Morgan fingerprint density at radius 2 is 1.94 bits per heavy atom. The molecule has 7 heteroatoms. The van der Waals surface area contributed by atoms with Crippen LogP contribution in [0.1, 0.15) is 32.7 Å². The molecule has 0 aliphatic carbocycles. The van der Waals surface area contributed by atoms with Crippen molar-refractivity contribution in [2.45, 2.75) is 32.9 Å². The fourth-order valence-electron chi connectivity index (χ4n) is 4.30. The zero-order valence-corrected chi connectivity index (χ0v) is 18.9. The highest BCUT2D eigenvalue weighted by atomic mass is 35.5. The van der Waals surface area contributed by atoms with Gasteiger partial charge in [-0.15, -0.1) is 0 Å². The minimum Gasteiger partial charge on any atom is -0.495 e. The number of methoxy groups -OCH3 is 1. The Hall–Kier alpha value is -3.25. The molecule has 1 aliphatic heterocycles. The molecule has 1 aromatic heterocycles. The van der Waals surface area contributed by atoms with Gasteiger partial charge < -0.3 is 19.3 Å². The standard InChI is InChI=1S/C25H25ClN2O4/c1-16-14-20(26)24(29)28(13-10-17-6-8-19(9-7-17)25(30)31)21(16)15-27-12-11-18-4-3-5-22(32-2)23(18)27/h3-9,14H,10-13,15H2,1-2H3,(H,30,31). The maximum absolute atomic E-state index is 13.0. The zero-order valence-electron chi connectivity index (χ0n) is 18.1. The van der Waals surface area contributed by atoms with Crippen LogP contribution in [0.4, 0.5) is 5.69 Å². The fourth-order valence-corrected chi connectivity index (χ4v) is 4.57. The molecule has 4 rings (SSSR count). The summed E-state index contributed by atoms with van der Waals surface area (Å²) in [7, 11) is 1.67. The quantitative estimate of drug-likeness (QED) is 0.578. The average molecular weight is 453 g/mol. The number of aromatic nitrogens is 1. The first-order valence-corrected chi connectivity index (χ1v) is 10.9. The Balaban J connectivity index is 1.64. The predicted molar refractivity (Wildman–Crippen MR) is 125 cm³/mol. The lowest BCUT2D eigenvalue weighted by molar-refractivity contribution is 0.0697. The molecule has 0 amide bonds. The van der Waals surface area contributed by atoms with Crippen molar-refractivity contribution in [2.24, 2.45) is 0 Å². The first-order chi connectivity index (χ1) is 15.4. The lowest BCUT2D eigenvalue weighted by Gasteiger charge is -2.25. The number of hydrogen-bond donors (Lipinski definition) is 1. The van der Waals surface area contributed by atoms with E-state index in [2.05, 4.69) is 11.0 Å². The molecule has 0 bridgehead atoms. The molecule has 2 heterocycles. The number of anilines is 1. The Bertz CT molecular complexity index is 1220. The summed E-state index contributed by atoms with van der Waals surface area (Å²) in [5.74, 6) is -0.124. The lowest BCUT2D eigenvalue weighted by atomic mass is 10.1. The van der Waals surface area contributed by atoms with Gasteiger partial charge in [0.1, 0.15) is 10.8 Å². The van der Waals surface area contributed by atoms with Crippen molar-refractivity contribution >= 4 is 23.3 Å². The summed E-state index contributed by atoms with van der Waals surface area (Å²) in [5.41, 5.74) is 5.18. The summed E-state index contributed by atoms with van der Waals surface area (Å²) >= 11 is 6.24. The van der Waals surface area contributed by atoms with Gasteiger partial charge in [-0.25, -0.2) is 4.79 Å². The molecule has 1 aliphatic rings. The summed E-state index contributed by atoms with van der Waals surface area (Å²) in [6, 6.07) is 14.5. The number of aromatic carboxylic acids is 1. The van der Waals surface area contributed by atoms with Gasteiger partial charge >= 0.3 is 5.97 Å². The minimum absolute atomic E-state index is 0.201. The molecule has 166 valence electrons. The van der Waals surface area contributed by atoms with Crippen LogP contribution in [0.25, 0.3) is 0 Å². The Morgan fingerprint density at radius 1 is 1.19 bits per heavy atom. The van der Waals surface area contributed by atoms with E-state index in [1.807, 2.05) is 19.1 Å². The van der Waals surface area contributed by atoms with Gasteiger partial charge in [-0.2, -0.15) is 0 Å². The third-order valence-electron chi connectivity index (χ3n) is 6.01. The number of carboxylic acid groups (broad SMARTS) is 1. The molecular formula is C25H25ClN2O4. The molecule has 32 heavy (non-hydrogen) atoms. The Morgan fingerprint density at radius 3 is 2.62 bits per heavy atom. The molecule has 1 N–H and O–H groups in total. The number of aryl methyl sites for hydroxylation is 2. The number of pyridine rings is 1. The van der Waals surface area contributed by atoms with E-state index in [1.54, 1.807) is 42.0 Å². The van der Waals surface area contributed by atoms with Crippen molar-refractivity contribution in [2.75, 3.05) is 18.6 Å². The minimum atomic E-state index is -0.957. The number of nitrogens with zero attached hydrogens (tertiary/aromatic N) is 2. The van der Waals surface area contributed by atoms with Gasteiger partial charge in [0.25, 0.3) is 5.56 Å². The molecule has 0 atom stereocenters. The van der Waals surface area contributed by atoms with E-state index in [9.17, 15) is 9.59 Å². The summed E-state index contributed by atoms with van der Waals surface area (Å²) < 4.78 is 7.33. The molecule has 0 saturated heterocycles. The number of para-hydroxylation sites is 1. The largest absolute Gasteiger partial charge is 0.495 e. The van der Waals surface area contributed by atoms with Crippen LogP contribution >= 0.6 is 11.6 Å². The molecule has 0 spiro atoms. The number of halogens is 1. The van der Waals surface area contributed by atoms with Crippen LogP contribution in [-0.4, -0.2) is 29.3 Å². The summed E-state index contributed by atoms with van der Waals surface area (Å²) in [4.78, 5) is 26.3. The van der Waals surface area contributed by atoms with E-state index in [4.69, 9.17) is 21.4 Å². The smallest absolute Gasteiger partial charge is 0.335 e. The Labute approximate surface area is 191 Å². The van der Waals surface area contributed by atoms with Crippen LogP contribution in [0, 0.1) is 6.92 Å². The van der Waals surface area contributed by atoms with E-state index >= 15 is 0 Å². The summed E-state index contributed by atoms with van der Waals surface area (Å²) in [6.45, 7) is 3.85. The molecular weight excluding hydrogens is 428 g/mol. The summed E-state index contributed by atoms with van der Waals surface area (Å²) in [6.07, 6.45) is 1.52. The molecule has 2 aromatic carbocycles. The fraction of sp³-hybridized carbons (Fsp3) is 0.280. The second-order valence-corrected chi connectivity index (χ2v) is 8.38. The topological polar surface area (TPSA) is 71.8 Å². The van der Waals surface area contributed by atoms with Crippen molar-refractivity contribution in [3.63, 3.8) is 0 Å². The predicted octanol–water partition coefficient (Wildman–Crippen LogP) is 4.32. The second-order valence-electron chi connectivity index (χ2n) is 7.97. The highest BCUT2D eigenvalue weighted by Gasteiger charge is 2.25. The van der Waals surface area contributed by atoms with Crippen LogP contribution in [0.15, 0.2) is 53.3 Å². The van der Waals surface area contributed by atoms with Gasteiger partial charge in [-0.1, -0.05) is 35.9 Å². The number of ether oxygens (including phenoxy) is 1. The zero-order chi connectivity index (χ0) is 22.8. The SMILES string of the molecule is COc1cccc2c1N(Cc1c(C)cc(Cl)c(=O)n1CCc1ccc(C(=O)O)cc1)CC2. The van der Waals surface area contributed by atoms with Gasteiger partial charge in [0.05, 0.1) is 24.9 Å². The van der Waals surface area contributed by atoms with Crippen molar-refractivity contribution < 1.29 is 14.6 Å². The third kappa shape index (κ3) is 4.23. The Kier molecular flexibility index (Phi) is 6.24. The highest BCUT2D eigenvalue weighted by Crippen LogP contribution is 2.38. The molecule has 0 saturated carbocycles. The van der Waals surface area contributed by atoms with Crippen LogP contribution in [-0.2, 0) is 25.9 Å². The lowest BCUT2D eigenvalue weighted by Crippen LogP contribution is -2.31. The van der Waals surface area contributed by atoms with Gasteiger partial charge in [-0.05, 0) is 60.7 Å². The van der Waals surface area contributed by atoms with Gasteiger partial charge in [0.15, 0.2) is 0 Å². The van der Waals surface area contributed by atoms with Crippen LogP contribution in [0.3, 0.4) is 0 Å². The van der Waals surface area contributed by atoms with E-state index in [1.165, 1.54) is 5.56 Å². The van der Waals surface area contributed by atoms with Gasteiger partial charge in [0.2, 0.25) is 0 Å². The first kappa shape index (κ1) is 22.0. The number of carboxylic acids is 1. The summed E-state index contributed by atoms with van der Waals surface area (Å²) in [5, 5.41) is 9.29. The van der Waals surface area contributed by atoms with Gasteiger partial charge in [-0.3, -0.25) is 4.79 Å².